The van der Waals surface area contributed by atoms with Crippen molar-refractivity contribution in [1.82, 2.24) is 14.8 Å². The van der Waals surface area contributed by atoms with Gasteiger partial charge in [-0.1, -0.05) is 12.1 Å². The summed E-state index contributed by atoms with van der Waals surface area (Å²) >= 11 is 1.70. The fraction of sp³-hybridized carbons (Fsp3) is 0.474. The molecule has 0 radical (unpaired) electrons. The lowest BCUT2D eigenvalue weighted by molar-refractivity contribution is -0.130. The summed E-state index contributed by atoms with van der Waals surface area (Å²) in [5, 5.41) is 0. The first-order chi connectivity index (χ1) is 12.0. The highest BCUT2D eigenvalue weighted by Gasteiger charge is 2.48. The van der Waals surface area contributed by atoms with Gasteiger partial charge in [0.1, 0.15) is 5.82 Å². The van der Waals surface area contributed by atoms with Crippen LogP contribution in [0, 0.1) is 24.6 Å². The van der Waals surface area contributed by atoms with E-state index in [1.807, 2.05) is 16.5 Å². The standard InChI is InChI=1S/C19H22FN3OS/c1-12-18(25-11-21-12)10-22-7-15-8-23(13(2)24)19(17(15)9-22)14-4-3-5-16(20)6-14/h3-6,11,15,17,19H,7-10H2,1-2H3/t15-,17-,19+/m1/s1. The fourth-order valence-electron chi connectivity index (χ4n) is 4.39. The number of nitrogens with zero attached hydrogens (tertiary/aromatic N) is 3. The molecule has 132 valence electrons. The van der Waals surface area contributed by atoms with Crippen LogP contribution >= 0.6 is 11.3 Å². The van der Waals surface area contributed by atoms with E-state index in [4.69, 9.17) is 0 Å². The monoisotopic (exact) mass is 359 g/mol. The number of carbonyl (C=O) groups excluding carboxylic acids is 1. The summed E-state index contributed by atoms with van der Waals surface area (Å²) in [7, 11) is 0. The Balaban J connectivity index is 1.57. The zero-order valence-electron chi connectivity index (χ0n) is 14.5. The van der Waals surface area contributed by atoms with Crippen LogP contribution in [0.4, 0.5) is 4.39 Å². The van der Waals surface area contributed by atoms with Gasteiger partial charge in [-0.15, -0.1) is 11.3 Å². The number of rotatable bonds is 3. The minimum atomic E-state index is -0.236. The van der Waals surface area contributed by atoms with Crippen LogP contribution in [0.15, 0.2) is 29.8 Å². The molecular weight excluding hydrogens is 337 g/mol. The van der Waals surface area contributed by atoms with Crippen molar-refractivity contribution in [2.75, 3.05) is 19.6 Å². The van der Waals surface area contributed by atoms with E-state index in [1.165, 1.54) is 10.9 Å². The van der Waals surface area contributed by atoms with E-state index in [1.54, 1.807) is 30.4 Å². The van der Waals surface area contributed by atoms with Crippen molar-refractivity contribution < 1.29 is 9.18 Å². The number of benzene rings is 1. The maximum absolute atomic E-state index is 13.7. The smallest absolute Gasteiger partial charge is 0.219 e. The molecule has 1 amide bonds. The van der Waals surface area contributed by atoms with E-state index in [0.717, 1.165) is 37.4 Å². The topological polar surface area (TPSA) is 36.4 Å². The van der Waals surface area contributed by atoms with Gasteiger partial charge in [-0.2, -0.15) is 0 Å². The average molecular weight is 359 g/mol. The van der Waals surface area contributed by atoms with Crippen LogP contribution in [0.2, 0.25) is 0 Å². The molecule has 2 fully saturated rings. The summed E-state index contributed by atoms with van der Waals surface area (Å²) in [6, 6.07) is 6.71. The minimum absolute atomic E-state index is 0.0224. The maximum Gasteiger partial charge on any atom is 0.219 e. The molecule has 6 heteroatoms. The van der Waals surface area contributed by atoms with Crippen molar-refractivity contribution in [3.05, 3.63) is 51.7 Å². The van der Waals surface area contributed by atoms with E-state index in [-0.39, 0.29) is 17.8 Å². The number of amides is 1. The van der Waals surface area contributed by atoms with Crippen LogP contribution in [0.25, 0.3) is 0 Å². The average Bonchev–Trinajstić information content (AvgIpc) is 3.22. The van der Waals surface area contributed by atoms with Crippen molar-refractivity contribution >= 4 is 17.2 Å². The summed E-state index contributed by atoms with van der Waals surface area (Å²) < 4.78 is 13.7. The van der Waals surface area contributed by atoms with Gasteiger partial charge >= 0.3 is 0 Å². The molecule has 0 bridgehead atoms. The first-order valence-electron chi connectivity index (χ1n) is 8.67. The number of aromatic nitrogens is 1. The molecule has 2 aliphatic heterocycles. The Morgan fingerprint density at radius 2 is 2.20 bits per heavy atom. The Bertz CT molecular complexity index is 792. The van der Waals surface area contributed by atoms with Crippen molar-refractivity contribution in [3.63, 3.8) is 0 Å². The molecule has 4 nitrogen and oxygen atoms in total. The molecule has 4 rings (SSSR count). The minimum Gasteiger partial charge on any atom is -0.335 e. The summed E-state index contributed by atoms with van der Waals surface area (Å²) in [6.07, 6.45) is 0. The molecule has 0 aliphatic carbocycles. The molecule has 2 aromatic rings. The van der Waals surface area contributed by atoms with Crippen LogP contribution in [-0.2, 0) is 11.3 Å². The van der Waals surface area contributed by atoms with Crippen LogP contribution in [0.1, 0.15) is 29.1 Å². The van der Waals surface area contributed by atoms with Gasteiger partial charge in [0.2, 0.25) is 5.91 Å². The van der Waals surface area contributed by atoms with E-state index in [2.05, 4.69) is 16.8 Å². The Labute approximate surface area is 151 Å². The van der Waals surface area contributed by atoms with Crippen LogP contribution in [-0.4, -0.2) is 40.3 Å². The summed E-state index contributed by atoms with van der Waals surface area (Å²) in [4.78, 5) is 22.2. The number of halogens is 1. The van der Waals surface area contributed by atoms with E-state index < -0.39 is 0 Å². The molecule has 25 heavy (non-hydrogen) atoms. The third kappa shape index (κ3) is 3.09. The van der Waals surface area contributed by atoms with E-state index >= 15 is 0 Å². The van der Waals surface area contributed by atoms with E-state index in [9.17, 15) is 9.18 Å². The lowest BCUT2D eigenvalue weighted by atomic mass is 9.89. The van der Waals surface area contributed by atoms with Gasteiger partial charge < -0.3 is 4.90 Å². The number of aryl methyl sites for hydroxylation is 1. The number of thiazole rings is 1. The summed E-state index contributed by atoms with van der Waals surface area (Å²) in [6.45, 7) is 7.27. The number of hydrogen-bond donors (Lipinski definition) is 0. The second-order valence-electron chi connectivity index (χ2n) is 7.15. The SMILES string of the molecule is CC(=O)N1C[C@H]2CN(Cc3scnc3C)C[C@H]2[C@@H]1c1cccc(F)c1. The van der Waals surface area contributed by atoms with Gasteiger partial charge in [0, 0.05) is 43.9 Å². The van der Waals surface area contributed by atoms with Gasteiger partial charge in [-0.25, -0.2) is 9.37 Å². The molecule has 3 heterocycles. The van der Waals surface area contributed by atoms with E-state index in [0.29, 0.717) is 11.8 Å². The largest absolute Gasteiger partial charge is 0.335 e. The molecule has 0 spiro atoms. The van der Waals surface area contributed by atoms with Gasteiger partial charge in [-0.3, -0.25) is 9.69 Å². The predicted molar refractivity (Wildman–Crippen MR) is 95.6 cm³/mol. The highest BCUT2D eigenvalue weighted by molar-refractivity contribution is 7.09. The van der Waals surface area contributed by atoms with Crippen molar-refractivity contribution in [3.8, 4) is 0 Å². The Kier molecular flexibility index (Phi) is 4.33. The highest BCUT2D eigenvalue weighted by Crippen LogP contribution is 2.45. The van der Waals surface area contributed by atoms with Gasteiger partial charge in [0.05, 0.1) is 17.2 Å². The molecular formula is C19H22FN3OS. The van der Waals surface area contributed by atoms with Crippen LogP contribution in [0.3, 0.4) is 0 Å². The number of fused-ring (bicyclic) bond motifs is 1. The van der Waals surface area contributed by atoms with Gasteiger partial charge in [0.15, 0.2) is 0 Å². The predicted octanol–water partition coefficient (Wildman–Crippen LogP) is 3.24. The van der Waals surface area contributed by atoms with Crippen molar-refractivity contribution in [2.24, 2.45) is 11.8 Å². The van der Waals surface area contributed by atoms with Crippen molar-refractivity contribution in [2.45, 2.75) is 26.4 Å². The third-order valence-electron chi connectivity index (χ3n) is 5.55. The normalized spacial score (nSPS) is 26.2. The molecule has 0 saturated carbocycles. The molecule has 0 N–H and O–H groups in total. The molecule has 2 aliphatic rings. The third-order valence-corrected chi connectivity index (χ3v) is 6.47. The molecule has 3 atom stereocenters. The first-order valence-corrected chi connectivity index (χ1v) is 9.55. The fourth-order valence-corrected chi connectivity index (χ4v) is 5.21. The molecule has 1 aromatic carbocycles. The molecule has 2 saturated heterocycles. The zero-order chi connectivity index (χ0) is 17.6. The van der Waals surface area contributed by atoms with Crippen molar-refractivity contribution in [1.29, 1.82) is 0 Å². The van der Waals surface area contributed by atoms with Gasteiger partial charge in [-0.05, 0) is 30.5 Å². The Morgan fingerprint density at radius 3 is 2.88 bits per heavy atom. The van der Waals surface area contributed by atoms with Crippen LogP contribution < -0.4 is 0 Å². The second-order valence-corrected chi connectivity index (χ2v) is 8.09. The Morgan fingerprint density at radius 1 is 1.36 bits per heavy atom. The number of likely N-dealkylation sites (tertiary alicyclic amines) is 2. The molecule has 0 unspecified atom stereocenters. The molecule has 1 aromatic heterocycles. The first kappa shape index (κ1) is 16.7. The second kappa shape index (κ2) is 6.50. The number of carbonyl (C=O) groups is 1. The summed E-state index contributed by atoms with van der Waals surface area (Å²) in [5.74, 6) is 0.650. The quantitative estimate of drug-likeness (QED) is 0.844. The maximum atomic E-state index is 13.7. The zero-order valence-corrected chi connectivity index (χ0v) is 15.3. The Hall–Kier alpha value is -1.79. The van der Waals surface area contributed by atoms with Crippen LogP contribution in [0.5, 0.6) is 0 Å². The lowest BCUT2D eigenvalue weighted by Crippen LogP contribution is -2.34. The van der Waals surface area contributed by atoms with Gasteiger partial charge in [0.25, 0.3) is 0 Å². The lowest BCUT2D eigenvalue weighted by Gasteiger charge is -2.29. The number of hydrogen-bond acceptors (Lipinski definition) is 4. The highest BCUT2D eigenvalue weighted by atomic mass is 32.1. The summed E-state index contributed by atoms with van der Waals surface area (Å²) in [5.41, 5.74) is 3.92.